The lowest BCUT2D eigenvalue weighted by Gasteiger charge is -2.18. The molecule has 1 atom stereocenters. The first kappa shape index (κ1) is 73.6. The van der Waals surface area contributed by atoms with Crippen LogP contribution in [0.25, 0.3) is 0 Å². The Morgan fingerprint density at radius 2 is 0.506 bits per heavy atom. The SMILES string of the molecule is CC/C=C\C/C=C\C/C=C\C/C=C\C/C=C\C/C=C\CCCCC(=O)OC(COC(=O)CCCCCCCCCCC)COC(=O)CCCCCCCCCCCCCCCCCCC/C=C\CCCCCCCCCC. The highest BCUT2D eigenvalue weighted by molar-refractivity contribution is 5.71. The average Bonchev–Trinajstić information content (AvgIpc) is 3.43. The predicted molar refractivity (Wildman–Crippen MR) is 334 cm³/mol. The van der Waals surface area contributed by atoms with E-state index in [-0.39, 0.29) is 37.5 Å². The zero-order valence-corrected chi connectivity index (χ0v) is 51.0. The van der Waals surface area contributed by atoms with Crippen molar-refractivity contribution in [2.45, 2.75) is 335 Å². The summed E-state index contributed by atoms with van der Waals surface area (Å²) in [6.45, 7) is 6.50. The van der Waals surface area contributed by atoms with Crippen molar-refractivity contribution in [1.82, 2.24) is 0 Å². The molecule has 6 heteroatoms. The fourth-order valence-electron chi connectivity index (χ4n) is 9.44. The molecule has 0 aliphatic heterocycles. The second kappa shape index (κ2) is 65.1. The van der Waals surface area contributed by atoms with Crippen molar-refractivity contribution in [3.05, 3.63) is 85.1 Å². The summed E-state index contributed by atoms with van der Waals surface area (Å²) in [5.41, 5.74) is 0. The molecule has 1 unspecified atom stereocenters. The van der Waals surface area contributed by atoms with Crippen molar-refractivity contribution in [2.75, 3.05) is 13.2 Å². The standard InChI is InChI=1S/C71H124O6/c1-4-7-10-13-16-19-21-23-25-27-29-31-32-33-34-35-36-37-38-40-41-43-45-47-49-52-55-58-61-64-70(73)76-67-68(66-75-69(72)63-60-57-54-51-18-15-12-9-6-3)77-71(74)65-62-59-56-53-50-48-46-44-42-39-30-28-26-24-22-20-17-14-11-8-5-2/h8,11,17,20,24,26-27,29-30,39,44,46,50,53,68H,4-7,9-10,12-16,18-19,21-23,25,28,31-38,40-43,45,47-49,51-52,54-67H2,1-3H3/b11-8-,20-17-,26-24-,29-27-,39-30-,46-44-,53-50-. The molecular weight excluding hydrogens is 949 g/mol. The van der Waals surface area contributed by atoms with Crippen molar-refractivity contribution < 1.29 is 28.6 Å². The zero-order valence-electron chi connectivity index (χ0n) is 51.0. The number of esters is 3. The largest absolute Gasteiger partial charge is 0.462 e. The summed E-state index contributed by atoms with van der Waals surface area (Å²) in [7, 11) is 0. The minimum absolute atomic E-state index is 0.0911. The van der Waals surface area contributed by atoms with Crippen LogP contribution in [-0.2, 0) is 28.6 Å². The Kier molecular flexibility index (Phi) is 62.2. The highest BCUT2D eigenvalue weighted by Crippen LogP contribution is 2.17. The van der Waals surface area contributed by atoms with E-state index in [9.17, 15) is 14.4 Å². The van der Waals surface area contributed by atoms with Gasteiger partial charge in [-0.2, -0.15) is 0 Å². The van der Waals surface area contributed by atoms with Crippen molar-refractivity contribution in [3.8, 4) is 0 Å². The third-order valence-corrected chi connectivity index (χ3v) is 14.4. The number of unbranched alkanes of at least 4 members (excludes halogenated alkanes) is 35. The number of ether oxygens (including phenoxy) is 3. The summed E-state index contributed by atoms with van der Waals surface area (Å²) in [6.07, 6.45) is 86.2. The van der Waals surface area contributed by atoms with Gasteiger partial charge in [0.25, 0.3) is 0 Å². The maximum Gasteiger partial charge on any atom is 0.306 e. The van der Waals surface area contributed by atoms with Gasteiger partial charge in [0, 0.05) is 19.3 Å². The molecule has 0 aromatic carbocycles. The normalized spacial score (nSPS) is 12.6. The van der Waals surface area contributed by atoms with Crippen LogP contribution in [0, 0.1) is 0 Å². The van der Waals surface area contributed by atoms with Gasteiger partial charge in [0.1, 0.15) is 13.2 Å². The minimum atomic E-state index is -0.798. The van der Waals surface area contributed by atoms with Crippen LogP contribution in [0.3, 0.4) is 0 Å². The summed E-state index contributed by atoms with van der Waals surface area (Å²) >= 11 is 0. The molecule has 0 fully saturated rings. The van der Waals surface area contributed by atoms with Crippen molar-refractivity contribution >= 4 is 17.9 Å². The number of carbonyl (C=O) groups excluding carboxylic acids is 3. The maximum absolute atomic E-state index is 12.9. The molecule has 0 spiro atoms. The molecule has 0 heterocycles. The summed E-state index contributed by atoms with van der Waals surface area (Å²) in [5, 5.41) is 0. The molecule has 77 heavy (non-hydrogen) atoms. The molecule has 0 amide bonds. The second-order valence-electron chi connectivity index (χ2n) is 22.0. The molecule has 0 N–H and O–H groups in total. The molecule has 0 bridgehead atoms. The van der Waals surface area contributed by atoms with E-state index in [1.807, 2.05) is 0 Å². The number of allylic oxidation sites excluding steroid dienone is 14. The fraction of sp³-hybridized carbons (Fsp3) is 0.761. The quantitative estimate of drug-likeness (QED) is 0.0261. The van der Waals surface area contributed by atoms with Crippen molar-refractivity contribution in [2.24, 2.45) is 0 Å². The highest BCUT2D eigenvalue weighted by atomic mass is 16.6. The summed E-state index contributed by atoms with van der Waals surface area (Å²) < 4.78 is 16.8. The van der Waals surface area contributed by atoms with Gasteiger partial charge in [0.05, 0.1) is 0 Å². The Morgan fingerprint density at radius 3 is 0.831 bits per heavy atom. The molecule has 444 valence electrons. The predicted octanol–water partition coefficient (Wildman–Crippen LogP) is 22.7. The first-order chi connectivity index (χ1) is 38.0. The molecule has 0 saturated carbocycles. The average molecular weight is 1070 g/mol. The lowest BCUT2D eigenvalue weighted by Crippen LogP contribution is -2.30. The van der Waals surface area contributed by atoms with Crippen LogP contribution in [-0.4, -0.2) is 37.2 Å². The van der Waals surface area contributed by atoms with Gasteiger partial charge < -0.3 is 14.2 Å². The molecule has 0 aliphatic carbocycles. The zero-order chi connectivity index (χ0) is 55.7. The van der Waals surface area contributed by atoms with E-state index >= 15 is 0 Å². The topological polar surface area (TPSA) is 78.9 Å². The molecule has 0 radical (unpaired) electrons. The monoisotopic (exact) mass is 1070 g/mol. The smallest absolute Gasteiger partial charge is 0.306 e. The van der Waals surface area contributed by atoms with E-state index in [1.54, 1.807) is 0 Å². The lowest BCUT2D eigenvalue weighted by atomic mass is 10.0. The molecular formula is C71H124O6. The summed E-state index contributed by atoms with van der Waals surface area (Å²) in [4.78, 5) is 38.2. The fourth-order valence-corrected chi connectivity index (χ4v) is 9.44. The maximum atomic E-state index is 12.9. The minimum Gasteiger partial charge on any atom is -0.462 e. The summed E-state index contributed by atoms with van der Waals surface area (Å²) in [6, 6.07) is 0. The van der Waals surface area contributed by atoms with Crippen molar-refractivity contribution in [1.29, 1.82) is 0 Å². The van der Waals surface area contributed by atoms with E-state index in [1.165, 1.54) is 193 Å². The highest BCUT2D eigenvalue weighted by Gasteiger charge is 2.19. The Hall–Kier alpha value is -3.41. The van der Waals surface area contributed by atoms with E-state index in [0.717, 1.165) is 89.9 Å². The van der Waals surface area contributed by atoms with Gasteiger partial charge in [-0.1, -0.05) is 298 Å². The van der Waals surface area contributed by atoms with Gasteiger partial charge in [-0.3, -0.25) is 14.4 Å². The van der Waals surface area contributed by atoms with Crippen LogP contribution in [0.1, 0.15) is 329 Å². The van der Waals surface area contributed by atoms with Crippen LogP contribution < -0.4 is 0 Å². The first-order valence-corrected chi connectivity index (χ1v) is 33.1. The van der Waals surface area contributed by atoms with Crippen LogP contribution in [0.4, 0.5) is 0 Å². The second-order valence-corrected chi connectivity index (χ2v) is 22.0. The van der Waals surface area contributed by atoms with Crippen LogP contribution in [0.15, 0.2) is 85.1 Å². The van der Waals surface area contributed by atoms with E-state index < -0.39 is 6.10 Å². The van der Waals surface area contributed by atoms with Crippen molar-refractivity contribution in [3.63, 3.8) is 0 Å². The Balaban J connectivity index is 4.20. The molecule has 0 aliphatic rings. The number of rotatable bonds is 60. The van der Waals surface area contributed by atoms with Crippen LogP contribution >= 0.6 is 0 Å². The molecule has 0 aromatic heterocycles. The number of carbonyl (C=O) groups is 3. The lowest BCUT2D eigenvalue weighted by molar-refractivity contribution is -0.167. The van der Waals surface area contributed by atoms with Gasteiger partial charge in [-0.25, -0.2) is 0 Å². The number of hydrogen-bond donors (Lipinski definition) is 0. The van der Waals surface area contributed by atoms with Gasteiger partial charge in [-0.05, 0) is 96.3 Å². The third-order valence-electron chi connectivity index (χ3n) is 14.4. The molecule has 0 saturated heterocycles. The Labute approximate surface area is 477 Å². The third kappa shape index (κ3) is 63.3. The van der Waals surface area contributed by atoms with Gasteiger partial charge in [-0.15, -0.1) is 0 Å². The Morgan fingerprint density at radius 1 is 0.273 bits per heavy atom. The van der Waals surface area contributed by atoms with Gasteiger partial charge in [0.15, 0.2) is 6.10 Å². The molecule has 6 nitrogen and oxygen atoms in total. The molecule has 0 aromatic rings. The Bertz CT molecular complexity index is 1470. The van der Waals surface area contributed by atoms with E-state index in [0.29, 0.717) is 19.3 Å². The number of hydrogen-bond acceptors (Lipinski definition) is 6. The van der Waals surface area contributed by atoms with Crippen LogP contribution in [0.2, 0.25) is 0 Å². The van der Waals surface area contributed by atoms with Gasteiger partial charge >= 0.3 is 17.9 Å². The summed E-state index contributed by atoms with van der Waals surface area (Å²) in [5.74, 6) is -0.925. The van der Waals surface area contributed by atoms with Gasteiger partial charge in [0.2, 0.25) is 0 Å². The first-order valence-electron chi connectivity index (χ1n) is 33.1. The van der Waals surface area contributed by atoms with E-state index in [2.05, 4.69) is 106 Å². The van der Waals surface area contributed by atoms with E-state index in [4.69, 9.17) is 14.2 Å². The van der Waals surface area contributed by atoms with Crippen LogP contribution in [0.5, 0.6) is 0 Å². The molecule has 0 rings (SSSR count).